The summed E-state index contributed by atoms with van der Waals surface area (Å²) in [6, 6.07) is 8.43. The summed E-state index contributed by atoms with van der Waals surface area (Å²) >= 11 is 1.92. The zero-order valence-electron chi connectivity index (χ0n) is 17.0. The lowest BCUT2D eigenvalue weighted by Gasteiger charge is -2.33. The minimum atomic E-state index is 0. The van der Waals surface area contributed by atoms with Crippen molar-refractivity contribution in [3.8, 4) is 0 Å². The first-order valence-electron chi connectivity index (χ1n) is 10.2. The molecular formula is C22H33ClN2O2S. The van der Waals surface area contributed by atoms with Crippen molar-refractivity contribution in [2.24, 2.45) is 11.8 Å². The normalized spacial score (nSPS) is 20.7. The molecule has 1 aromatic carbocycles. The first-order chi connectivity index (χ1) is 13.0. The van der Waals surface area contributed by atoms with E-state index in [1.165, 1.54) is 5.56 Å². The number of carbonyl (C=O) groups excluding carboxylic acids is 2. The van der Waals surface area contributed by atoms with Crippen LogP contribution in [-0.4, -0.2) is 53.8 Å². The average molecular weight is 425 g/mol. The van der Waals surface area contributed by atoms with Gasteiger partial charge in [-0.1, -0.05) is 38.1 Å². The molecule has 28 heavy (non-hydrogen) atoms. The molecule has 0 aromatic heterocycles. The topological polar surface area (TPSA) is 49.4 Å². The van der Waals surface area contributed by atoms with Crippen molar-refractivity contribution < 1.29 is 9.59 Å². The fourth-order valence-corrected chi connectivity index (χ4v) is 4.94. The summed E-state index contributed by atoms with van der Waals surface area (Å²) < 4.78 is 0. The zero-order chi connectivity index (χ0) is 19.2. The zero-order valence-corrected chi connectivity index (χ0v) is 18.6. The van der Waals surface area contributed by atoms with Crippen molar-refractivity contribution in [3.63, 3.8) is 0 Å². The molecular weight excluding hydrogens is 392 g/mol. The predicted octanol–water partition coefficient (Wildman–Crippen LogP) is 3.82. The lowest BCUT2D eigenvalue weighted by Crippen LogP contribution is -2.45. The predicted molar refractivity (Wildman–Crippen MR) is 120 cm³/mol. The number of nitrogens with zero attached hydrogens (tertiary/aromatic N) is 1. The van der Waals surface area contributed by atoms with Gasteiger partial charge in [0.05, 0.1) is 0 Å². The van der Waals surface area contributed by atoms with Crippen molar-refractivity contribution in [1.82, 2.24) is 10.2 Å². The van der Waals surface area contributed by atoms with E-state index in [-0.39, 0.29) is 30.0 Å². The van der Waals surface area contributed by atoms with E-state index >= 15 is 0 Å². The summed E-state index contributed by atoms with van der Waals surface area (Å²) in [5.74, 6) is 3.30. The summed E-state index contributed by atoms with van der Waals surface area (Å²) in [5.41, 5.74) is 2.10. The summed E-state index contributed by atoms with van der Waals surface area (Å²) in [6.45, 7) is 6.82. The van der Waals surface area contributed by atoms with Crippen LogP contribution in [0.4, 0.5) is 0 Å². The third-order valence-electron chi connectivity index (χ3n) is 5.52. The molecule has 1 unspecified atom stereocenters. The van der Waals surface area contributed by atoms with E-state index in [1.54, 1.807) is 0 Å². The molecule has 3 rings (SSSR count). The van der Waals surface area contributed by atoms with Gasteiger partial charge < -0.3 is 10.2 Å². The van der Waals surface area contributed by atoms with Gasteiger partial charge in [0.15, 0.2) is 5.78 Å². The molecule has 0 saturated carbocycles. The minimum Gasteiger partial charge on any atom is -0.343 e. The van der Waals surface area contributed by atoms with Crippen molar-refractivity contribution >= 4 is 35.9 Å². The number of thioether (sulfide) groups is 1. The molecule has 0 spiro atoms. The van der Waals surface area contributed by atoms with Gasteiger partial charge in [0, 0.05) is 55.1 Å². The first-order valence-corrected chi connectivity index (χ1v) is 11.4. The molecule has 0 bridgehead atoms. The second-order valence-corrected chi connectivity index (χ2v) is 9.39. The van der Waals surface area contributed by atoms with Gasteiger partial charge in [-0.2, -0.15) is 11.8 Å². The number of hydrogen-bond acceptors (Lipinski definition) is 4. The van der Waals surface area contributed by atoms with Crippen LogP contribution < -0.4 is 5.32 Å². The van der Waals surface area contributed by atoms with Crippen molar-refractivity contribution in [1.29, 1.82) is 0 Å². The van der Waals surface area contributed by atoms with Crippen LogP contribution in [0.5, 0.6) is 0 Å². The molecule has 1 amide bonds. The van der Waals surface area contributed by atoms with Gasteiger partial charge in [0.2, 0.25) is 5.91 Å². The third kappa shape index (κ3) is 6.50. The number of ketones is 1. The number of nitrogens with one attached hydrogen (secondary N) is 1. The van der Waals surface area contributed by atoms with Gasteiger partial charge in [0.1, 0.15) is 0 Å². The molecule has 1 aromatic rings. The highest BCUT2D eigenvalue weighted by Gasteiger charge is 2.29. The monoisotopic (exact) mass is 424 g/mol. The van der Waals surface area contributed by atoms with Gasteiger partial charge in [-0.25, -0.2) is 0 Å². The maximum Gasteiger partial charge on any atom is 0.224 e. The largest absolute Gasteiger partial charge is 0.343 e. The Balaban J connectivity index is 0.00000280. The Kier molecular flexibility index (Phi) is 9.32. The minimum absolute atomic E-state index is 0. The number of Topliss-reactive ketones (excluding diaryl/α,β-unsaturated/α-hetero) is 1. The Morgan fingerprint density at radius 1 is 1.18 bits per heavy atom. The van der Waals surface area contributed by atoms with Crippen molar-refractivity contribution in [2.45, 2.75) is 45.6 Å². The smallest absolute Gasteiger partial charge is 0.224 e. The Labute approximate surface area is 179 Å². The summed E-state index contributed by atoms with van der Waals surface area (Å²) in [7, 11) is 0. The third-order valence-corrected chi connectivity index (χ3v) is 6.65. The van der Waals surface area contributed by atoms with Gasteiger partial charge in [0.25, 0.3) is 0 Å². The van der Waals surface area contributed by atoms with Crippen molar-refractivity contribution in [2.75, 3.05) is 31.1 Å². The molecule has 1 atom stereocenters. The van der Waals surface area contributed by atoms with Gasteiger partial charge >= 0.3 is 0 Å². The highest BCUT2D eigenvalue weighted by molar-refractivity contribution is 7.99. The fourth-order valence-electron chi connectivity index (χ4n) is 3.99. The van der Waals surface area contributed by atoms with Crippen LogP contribution in [-0.2, 0) is 11.2 Å². The summed E-state index contributed by atoms with van der Waals surface area (Å²) in [5, 5.41) is 3.43. The van der Waals surface area contributed by atoms with Crippen LogP contribution >= 0.6 is 24.2 Å². The van der Waals surface area contributed by atoms with Gasteiger partial charge in [-0.15, -0.1) is 12.4 Å². The van der Waals surface area contributed by atoms with Crippen LogP contribution in [0.25, 0.3) is 0 Å². The number of rotatable bonds is 6. The molecule has 2 saturated heterocycles. The Bertz CT molecular complexity index is 636. The quantitative estimate of drug-likeness (QED) is 0.705. The Hall–Kier alpha value is -1.04. The van der Waals surface area contributed by atoms with Crippen LogP contribution in [0.1, 0.15) is 49.0 Å². The molecule has 4 nitrogen and oxygen atoms in total. The number of piperidine rings is 1. The van der Waals surface area contributed by atoms with Gasteiger partial charge in [-0.3, -0.25) is 9.59 Å². The SMILES string of the molecule is CC(C)Cc1ccc(C(=O)C2CCN(C(=O)CC3CSCCN3)CC2)cc1.Cl. The van der Waals surface area contributed by atoms with E-state index in [2.05, 4.69) is 31.3 Å². The number of benzene rings is 1. The summed E-state index contributed by atoms with van der Waals surface area (Å²) in [4.78, 5) is 27.3. The maximum atomic E-state index is 12.8. The number of carbonyl (C=O) groups is 2. The van der Waals surface area contributed by atoms with E-state index in [1.807, 2.05) is 28.8 Å². The standard InChI is InChI=1S/C22H32N2O2S.ClH/c1-16(2)13-17-3-5-18(6-4-17)22(26)19-7-10-24(11-8-19)21(25)14-20-15-27-12-9-23-20;/h3-6,16,19-20,23H,7-15H2,1-2H3;1H. The molecule has 0 radical (unpaired) electrons. The average Bonchev–Trinajstić information content (AvgIpc) is 2.68. The van der Waals surface area contributed by atoms with Crippen molar-refractivity contribution in [3.05, 3.63) is 35.4 Å². The van der Waals surface area contributed by atoms with Crippen LogP contribution in [0.15, 0.2) is 24.3 Å². The van der Waals surface area contributed by atoms with E-state index in [9.17, 15) is 9.59 Å². The van der Waals surface area contributed by atoms with E-state index < -0.39 is 0 Å². The number of hydrogen-bond donors (Lipinski definition) is 1. The highest BCUT2D eigenvalue weighted by Crippen LogP contribution is 2.23. The molecule has 6 heteroatoms. The van der Waals surface area contributed by atoms with E-state index in [0.29, 0.717) is 31.5 Å². The fraction of sp³-hybridized carbons (Fsp3) is 0.636. The molecule has 2 fully saturated rings. The van der Waals surface area contributed by atoms with E-state index in [4.69, 9.17) is 0 Å². The first kappa shape index (κ1) is 23.2. The second kappa shape index (κ2) is 11.2. The lowest BCUT2D eigenvalue weighted by atomic mass is 9.88. The maximum absolute atomic E-state index is 12.8. The number of halogens is 1. The van der Waals surface area contributed by atoms with Crippen LogP contribution in [0.2, 0.25) is 0 Å². The molecule has 2 heterocycles. The second-order valence-electron chi connectivity index (χ2n) is 8.24. The molecule has 2 aliphatic rings. The highest BCUT2D eigenvalue weighted by atomic mass is 35.5. The summed E-state index contributed by atoms with van der Waals surface area (Å²) in [6.07, 6.45) is 3.20. The molecule has 0 aliphatic carbocycles. The van der Waals surface area contributed by atoms with Crippen LogP contribution in [0, 0.1) is 11.8 Å². The molecule has 2 aliphatic heterocycles. The molecule has 1 N–H and O–H groups in total. The van der Waals surface area contributed by atoms with Crippen LogP contribution in [0.3, 0.4) is 0 Å². The van der Waals surface area contributed by atoms with Gasteiger partial charge in [-0.05, 0) is 30.7 Å². The van der Waals surface area contributed by atoms with E-state index in [0.717, 1.165) is 42.9 Å². The lowest BCUT2D eigenvalue weighted by molar-refractivity contribution is -0.132. The Morgan fingerprint density at radius 2 is 1.86 bits per heavy atom. The number of likely N-dealkylation sites (tertiary alicyclic amines) is 1. The molecule has 156 valence electrons. The number of amides is 1. The Morgan fingerprint density at radius 3 is 2.43 bits per heavy atom.